The third-order valence-electron chi connectivity index (χ3n) is 2.92. The minimum Gasteiger partial charge on any atom is -0.383 e. The Kier molecular flexibility index (Phi) is 5.38. The number of hydrogen-bond acceptors (Lipinski definition) is 4. The lowest BCUT2D eigenvalue weighted by Crippen LogP contribution is -2.33. The van der Waals surface area contributed by atoms with E-state index >= 15 is 0 Å². The summed E-state index contributed by atoms with van der Waals surface area (Å²) in [6.45, 7) is 7.08. The molecular formula is C13H23N3O. The van der Waals surface area contributed by atoms with Crippen LogP contribution in [0.15, 0.2) is 12.3 Å². The number of hydrogen-bond donors (Lipinski definition) is 2. The average Bonchev–Trinajstić information content (AvgIpc) is 2.33. The molecular weight excluding hydrogens is 214 g/mol. The minimum atomic E-state index is 0.0994. The number of ether oxygens (including phenoxy) is 1. The molecule has 0 saturated carbocycles. The van der Waals surface area contributed by atoms with Crippen molar-refractivity contribution in [2.75, 3.05) is 19.4 Å². The maximum absolute atomic E-state index is 5.96. The first kappa shape index (κ1) is 13.9. The molecule has 0 saturated heterocycles. The highest BCUT2D eigenvalue weighted by Crippen LogP contribution is 2.25. The Labute approximate surface area is 104 Å². The van der Waals surface area contributed by atoms with Gasteiger partial charge in [0.1, 0.15) is 5.82 Å². The Morgan fingerprint density at radius 3 is 2.71 bits per heavy atom. The van der Waals surface area contributed by atoms with Gasteiger partial charge in [-0.25, -0.2) is 4.98 Å². The predicted molar refractivity (Wildman–Crippen MR) is 70.9 cm³/mol. The largest absolute Gasteiger partial charge is 0.383 e. The summed E-state index contributed by atoms with van der Waals surface area (Å²) < 4.78 is 5.52. The van der Waals surface area contributed by atoms with Gasteiger partial charge in [0.05, 0.1) is 12.1 Å². The van der Waals surface area contributed by atoms with Crippen LogP contribution < -0.4 is 11.1 Å². The summed E-state index contributed by atoms with van der Waals surface area (Å²) in [7, 11) is 1.73. The van der Waals surface area contributed by atoms with Gasteiger partial charge in [0.25, 0.3) is 0 Å². The van der Waals surface area contributed by atoms with E-state index in [9.17, 15) is 0 Å². The van der Waals surface area contributed by atoms with E-state index in [1.807, 2.05) is 6.92 Å². The number of aromatic nitrogens is 1. The van der Waals surface area contributed by atoms with E-state index in [-0.39, 0.29) is 12.1 Å². The molecule has 0 aliphatic heterocycles. The fourth-order valence-corrected chi connectivity index (χ4v) is 2.05. The molecule has 0 amide bonds. The smallest absolute Gasteiger partial charge is 0.128 e. The quantitative estimate of drug-likeness (QED) is 0.795. The van der Waals surface area contributed by atoms with Crippen LogP contribution in [-0.4, -0.2) is 24.7 Å². The summed E-state index contributed by atoms with van der Waals surface area (Å²) in [4.78, 5) is 4.22. The van der Waals surface area contributed by atoms with Crippen LogP contribution in [0.3, 0.4) is 0 Å². The first-order valence-electron chi connectivity index (χ1n) is 6.12. The van der Waals surface area contributed by atoms with Crippen LogP contribution in [0.5, 0.6) is 0 Å². The molecule has 2 unspecified atom stereocenters. The average molecular weight is 237 g/mol. The molecule has 4 nitrogen and oxygen atoms in total. The Bertz CT molecular complexity index is 351. The number of nitrogen functional groups attached to an aromatic ring is 1. The topological polar surface area (TPSA) is 60.2 Å². The van der Waals surface area contributed by atoms with Crippen molar-refractivity contribution in [3.05, 3.63) is 23.4 Å². The zero-order valence-electron chi connectivity index (χ0n) is 11.2. The highest BCUT2D eigenvalue weighted by Gasteiger charge is 2.23. The highest BCUT2D eigenvalue weighted by atomic mass is 16.5. The SMILES string of the molecule is CCNC(c1cc(C)cnc1N)C(CC)OC. The molecule has 1 aromatic heterocycles. The first-order valence-corrected chi connectivity index (χ1v) is 6.12. The van der Waals surface area contributed by atoms with E-state index < -0.39 is 0 Å². The van der Waals surface area contributed by atoms with E-state index in [1.54, 1.807) is 13.3 Å². The van der Waals surface area contributed by atoms with Crippen LogP contribution in [0.25, 0.3) is 0 Å². The summed E-state index contributed by atoms with van der Waals surface area (Å²) in [5.74, 6) is 0.581. The second kappa shape index (κ2) is 6.57. The van der Waals surface area contributed by atoms with Crippen molar-refractivity contribution < 1.29 is 4.74 Å². The lowest BCUT2D eigenvalue weighted by molar-refractivity contribution is 0.0657. The molecule has 1 heterocycles. The van der Waals surface area contributed by atoms with Gasteiger partial charge < -0.3 is 15.8 Å². The molecule has 0 aliphatic rings. The third kappa shape index (κ3) is 3.41. The van der Waals surface area contributed by atoms with Gasteiger partial charge >= 0.3 is 0 Å². The van der Waals surface area contributed by atoms with Crippen LogP contribution in [0.1, 0.15) is 37.4 Å². The van der Waals surface area contributed by atoms with Crippen LogP contribution in [0.2, 0.25) is 0 Å². The number of nitrogens with zero attached hydrogens (tertiary/aromatic N) is 1. The maximum atomic E-state index is 5.96. The molecule has 2 atom stereocenters. The summed E-state index contributed by atoms with van der Waals surface area (Å²) in [5, 5.41) is 3.42. The number of anilines is 1. The van der Waals surface area contributed by atoms with Gasteiger partial charge in [0.2, 0.25) is 0 Å². The van der Waals surface area contributed by atoms with Crippen LogP contribution in [-0.2, 0) is 4.74 Å². The summed E-state index contributed by atoms with van der Waals surface area (Å²) in [6.07, 6.45) is 2.83. The zero-order chi connectivity index (χ0) is 12.8. The third-order valence-corrected chi connectivity index (χ3v) is 2.92. The Morgan fingerprint density at radius 2 is 2.18 bits per heavy atom. The molecule has 17 heavy (non-hydrogen) atoms. The maximum Gasteiger partial charge on any atom is 0.128 e. The van der Waals surface area contributed by atoms with E-state index in [0.29, 0.717) is 5.82 Å². The molecule has 4 heteroatoms. The number of likely N-dealkylation sites (N-methyl/N-ethyl adjacent to an activating group) is 1. The minimum absolute atomic E-state index is 0.0994. The molecule has 0 radical (unpaired) electrons. The fourth-order valence-electron chi connectivity index (χ4n) is 2.05. The molecule has 96 valence electrons. The molecule has 1 rings (SSSR count). The first-order chi connectivity index (χ1) is 8.13. The van der Waals surface area contributed by atoms with Gasteiger partial charge in [-0.3, -0.25) is 0 Å². The van der Waals surface area contributed by atoms with Gasteiger partial charge in [-0.15, -0.1) is 0 Å². The lowest BCUT2D eigenvalue weighted by Gasteiger charge is -2.27. The number of rotatable bonds is 6. The van der Waals surface area contributed by atoms with Gasteiger partial charge in [-0.2, -0.15) is 0 Å². The van der Waals surface area contributed by atoms with Crippen molar-refractivity contribution in [2.45, 2.75) is 39.3 Å². The van der Waals surface area contributed by atoms with Crippen molar-refractivity contribution in [3.63, 3.8) is 0 Å². The summed E-state index contributed by atoms with van der Waals surface area (Å²) in [6, 6.07) is 2.18. The summed E-state index contributed by atoms with van der Waals surface area (Å²) in [5.41, 5.74) is 8.10. The number of nitrogens with one attached hydrogen (secondary N) is 1. The van der Waals surface area contributed by atoms with E-state index in [0.717, 1.165) is 24.1 Å². The van der Waals surface area contributed by atoms with Gasteiger partial charge in [-0.05, 0) is 31.5 Å². The van der Waals surface area contributed by atoms with Gasteiger partial charge in [0, 0.05) is 18.9 Å². The Hall–Kier alpha value is -1.13. The van der Waals surface area contributed by atoms with Crippen molar-refractivity contribution >= 4 is 5.82 Å². The predicted octanol–water partition coefficient (Wildman–Crippen LogP) is 2.05. The van der Waals surface area contributed by atoms with Crippen LogP contribution in [0.4, 0.5) is 5.82 Å². The Balaban J connectivity index is 3.07. The molecule has 0 aromatic carbocycles. The van der Waals surface area contributed by atoms with Crippen molar-refractivity contribution in [1.29, 1.82) is 0 Å². The van der Waals surface area contributed by atoms with Crippen LogP contribution >= 0.6 is 0 Å². The molecule has 1 aromatic rings. The molecule has 3 N–H and O–H groups in total. The number of methoxy groups -OCH3 is 1. The number of pyridine rings is 1. The highest BCUT2D eigenvalue weighted by molar-refractivity contribution is 5.43. The zero-order valence-corrected chi connectivity index (χ0v) is 11.2. The molecule has 0 fully saturated rings. The van der Waals surface area contributed by atoms with Crippen molar-refractivity contribution in [1.82, 2.24) is 10.3 Å². The van der Waals surface area contributed by atoms with E-state index in [2.05, 4.69) is 30.2 Å². The second-order valence-electron chi connectivity index (χ2n) is 4.20. The normalized spacial score (nSPS) is 14.6. The molecule has 0 bridgehead atoms. The number of aryl methyl sites for hydroxylation is 1. The van der Waals surface area contributed by atoms with Crippen molar-refractivity contribution in [2.24, 2.45) is 0 Å². The van der Waals surface area contributed by atoms with E-state index in [4.69, 9.17) is 10.5 Å². The molecule has 0 aliphatic carbocycles. The van der Waals surface area contributed by atoms with Gasteiger partial charge in [-0.1, -0.05) is 13.8 Å². The van der Waals surface area contributed by atoms with Crippen LogP contribution in [0, 0.1) is 6.92 Å². The summed E-state index contributed by atoms with van der Waals surface area (Å²) >= 11 is 0. The van der Waals surface area contributed by atoms with Gasteiger partial charge in [0.15, 0.2) is 0 Å². The van der Waals surface area contributed by atoms with E-state index in [1.165, 1.54) is 0 Å². The monoisotopic (exact) mass is 237 g/mol. The fraction of sp³-hybridized carbons (Fsp3) is 0.615. The second-order valence-corrected chi connectivity index (χ2v) is 4.20. The molecule has 0 spiro atoms. The standard InChI is InChI=1S/C13H23N3O/c1-5-11(17-4)12(15-6-2)10-7-9(3)8-16-13(10)14/h7-8,11-12,15H,5-6H2,1-4H3,(H2,14,16). The number of nitrogens with two attached hydrogens (primary N) is 1. The lowest BCUT2D eigenvalue weighted by atomic mass is 9.99. The van der Waals surface area contributed by atoms with Crippen molar-refractivity contribution in [3.8, 4) is 0 Å². The Morgan fingerprint density at radius 1 is 1.47 bits per heavy atom.